The summed E-state index contributed by atoms with van der Waals surface area (Å²) in [7, 11) is 0. The summed E-state index contributed by atoms with van der Waals surface area (Å²) in [5.41, 5.74) is 1.35. The van der Waals surface area contributed by atoms with Crippen LogP contribution < -0.4 is 0 Å². The second-order valence-corrected chi connectivity index (χ2v) is 6.51. The summed E-state index contributed by atoms with van der Waals surface area (Å²) >= 11 is 0. The third kappa shape index (κ3) is 4.43. The predicted molar refractivity (Wildman–Crippen MR) is 91.6 cm³/mol. The molecule has 0 saturated carbocycles. The van der Waals surface area contributed by atoms with Crippen molar-refractivity contribution in [2.45, 2.75) is 51.4 Å². The van der Waals surface area contributed by atoms with Crippen LogP contribution in [0.2, 0.25) is 0 Å². The highest BCUT2D eigenvalue weighted by molar-refractivity contribution is 5.76. The normalized spacial score (nSPS) is 15.6. The van der Waals surface area contributed by atoms with Gasteiger partial charge in [0, 0.05) is 32.4 Å². The monoisotopic (exact) mass is 327 g/mol. The molecule has 2 aromatic rings. The van der Waals surface area contributed by atoms with E-state index in [0.29, 0.717) is 18.2 Å². The molecule has 0 atom stereocenters. The number of benzene rings is 1. The van der Waals surface area contributed by atoms with Gasteiger partial charge in [0.2, 0.25) is 17.7 Å². The Balaban J connectivity index is 1.36. The van der Waals surface area contributed by atoms with Crippen molar-refractivity contribution >= 4 is 5.91 Å². The largest absolute Gasteiger partial charge is 0.425 e. The Bertz CT molecular complexity index is 646. The summed E-state index contributed by atoms with van der Waals surface area (Å²) < 4.78 is 5.51. The number of carbonyl (C=O) groups is 1. The molecular weight excluding hydrogens is 302 g/mol. The molecule has 24 heavy (non-hydrogen) atoms. The van der Waals surface area contributed by atoms with Gasteiger partial charge in [0.05, 0.1) is 0 Å². The van der Waals surface area contributed by atoms with Crippen molar-refractivity contribution in [3.63, 3.8) is 0 Å². The van der Waals surface area contributed by atoms with Gasteiger partial charge in [-0.15, -0.1) is 10.2 Å². The number of likely N-dealkylation sites (tertiary alicyclic amines) is 1. The number of hydrogen-bond donors (Lipinski definition) is 0. The number of nitrogens with zero attached hydrogens (tertiary/aromatic N) is 3. The molecule has 3 rings (SSSR count). The van der Waals surface area contributed by atoms with E-state index >= 15 is 0 Å². The van der Waals surface area contributed by atoms with Crippen LogP contribution in [0.25, 0.3) is 0 Å². The second-order valence-electron chi connectivity index (χ2n) is 6.51. The van der Waals surface area contributed by atoms with Crippen LogP contribution in [0.15, 0.2) is 34.7 Å². The summed E-state index contributed by atoms with van der Waals surface area (Å²) in [5, 5.41) is 8.00. The van der Waals surface area contributed by atoms with E-state index in [-0.39, 0.29) is 5.91 Å². The maximum Gasteiger partial charge on any atom is 0.222 e. The van der Waals surface area contributed by atoms with Gasteiger partial charge in [-0.3, -0.25) is 4.79 Å². The zero-order chi connectivity index (χ0) is 16.8. The van der Waals surface area contributed by atoms with E-state index in [1.165, 1.54) is 5.56 Å². The number of piperidine rings is 1. The Morgan fingerprint density at radius 2 is 1.92 bits per heavy atom. The summed E-state index contributed by atoms with van der Waals surface area (Å²) in [6.07, 6.45) is 5.54. The van der Waals surface area contributed by atoms with Crippen LogP contribution in [0.5, 0.6) is 0 Å². The van der Waals surface area contributed by atoms with Gasteiger partial charge < -0.3 is 9.32 Å². The minimum Gasteiger partial charge on any atom is -0.425 e. The van der Waals surface area contributed by atoms with Crippen LogP contribution >= 0.6 is 0 Å². The number of hydrogen-bond acceptors (Lipinski definition) is 4. The first-order valence-electron chi connectivity index (χ1n) is 8.84. The van der Waals surface area contributed by atoms with E-state index in [4.69, 9.17) is 4.42 Å². The van der Waals surface area contributed by atoms with Gasteiger partial charge in [-0.25, -0.2) is 0 Å². The molecule has 5 nitrogen and oxygen atoms in total. The van der Waals surface area contributed by atoms with Gasteiger partial charge >= 0.3 is 0 Å². The highest BCUT2D eigenvalue weighted by Gasteiger charge is 2.26. The summed E-state index contributed by atoms with van der Waals surface area (Å²) in [6, 6.07) is 10.5. The van der Waals surface area contributed by atoms with E-state index < -0.39 is 0 Å². The SMILES string of the molecule is Cc1nnc(C2CCN(C(=O)CCCCc3ccccc3)CC2)o1. The summed E-state index contributed by atoms with van der Waals surface area (Å²) in [6.45, 7) is 3.40. The molecule has 0 aliphatic carbocycles. The molecule has 1 aromatic carbocycles. The fourth-order valence-electron chi connectivity index (χ4n) is 3.26. The molecule has 0 N–H and O–H groups in total. The average molecular weight is 327 g/mol. The lowest BCUT2D eigenvalue weighted by Crippen LogP contribution is -2.37. The molecule has 0 spiro atoms. The Hall–Kier alpha value is -2.17. The number of aryl methyl sites for hydroxylation is 2. The minimum atomic E-state index is 0.281. The van der Waals surface area contributed by atoms with Crippen molar-refractivity contribution in [3.8, 4) is 0 Å². The van der Waals surface area contributed by atoms with Crippen molar-refractivity contribution in [3.05, 3.63) is 47.7 Å². The Morgan fingerprint density at radius 3 is 2.58 bits per heavy atom. The Labute approximate surface area is 143 Å². The number of aromatic nitrogens is 2. The molecule has 5 heteroatoms. The maximum absolute atomic E-state index is 12.3. The van der Waals surface area contributed by atoms with Crippen LogP contribution in [0.4, 0.5) is 0 Å². The first kappa shape index (κ1) is 16.7. The van der Waals surface area contributed by atoms with E-state index in [0.717, 1.165) is 51.1 Å². The average Bonchev–Trinajstić information content (AvgIpc) is 3.06. The second kappa shape index (κ2) is 8.08. The number of carbonyl (C=O) groups excluding carboxylic acids is 1. The molecule has 128 valence electrons. The quantitative estimate of drug-likeness (QED) is 0.762. The van der Waals surface area contributed by atoms with Gasteiger partial charge in [-0.05, 0) is 37.7 Å². The molecule has 2 heterocycles. The lowest BCUT2D eigenvalue weighted by molar-refractivity contribution is -0.132. The van der Waals surface area contributed by atoms with Crippen molar-refractivity contribution in [1.82, 2.24) is 15.1 Å². The van der Waals surface area contributed by atoms with Crippen molar-refractivity contribution in [2.24, 2.45) is 0 Å². The maximum atomic E-state index is 12.3. The summed E-state index contributed by atoms with van der Waals surface area (Å²) in [4.78, 5) is 14.3. The molecular formula is C19H25N3O2. The van der Waals surface area contributed by atoms with Crippen LogP contribution in [0.1, 0.15) is 55.4 Å². The topological polar surface area (TPSA) is 59.2 Å². The van der Waals surface area contributed by atoms with Gasteiger partial charge in [-0.1, -0.05) is 30.3 Å². The molecule has 1 aliphatic rings. The van der Waals surface area contributed by atoms with E-state index in [1.807, 2.05) is 17.9 Å². The fraction of sp³-hybridized carbons (Fsp3) is 0.526. The van der Waals surface area contributed by atoms with Crippen LogP contribution in [0, 0.1) is 6.92 Å². The molecule has 1 aliphatic heterocycles. The van der Waals surface area contributed by atoms with Crippen molar-refractivity contribution in [2.75, 3.05) is 13.1 Å². The molecule has 1 aromatic heterocycles. The molecule has 1 amide bonds. The highest BCUT2D eigenvalue weighted by Crippen LogP contribution is 2.27. The predicted octanol–water partition coefficient (Wildman–Crippen LogP) is 3.50. The molecule has 1 saturated heterocycles. The summed E-state index contributed by atoms with van der Waals surface area (Å²) in [5.74, 6) is 1.92. The highest BCUT2D eigenvalue weighted by atomic mass is 16.4. The minimum absolute atomic E-state index is 0.281. The van der Waals surface area contributed by atoms with Crippen molar-refractivity contribution in [1.29, 1.82) is 0 Å². The molecule has 0 unspecified atom stereocenters. The van der Waals surface area contributed by atoms with Gasteiger partial charge in [0.15, 0.2) is 0 Å². The van der Waals surface area contributed by atoms with Crippen LogP contribution in [-0.4, -0.2) is 34.1 Å². The number of rotatable bonds is 6. The van der Waals surface area contributed by atoms with Gasteiger partial charge in [0.25, 0.3) is 0 Å². The van der Waals surface area contributed by atoms with Crippen LogP contribution in [0.3, 0.4) is 0 Å². The molecule has 1 fully saturated rings. The van der Waals surface area contributed by atoms with Gasteiger partial charge in [0.1, 0.15) is 0 Å². The van der Waals surface area contributed by atoms with E-state index in [9.17, 15) is 4.79 Å². The smallest absolute Gasteiger partial charge is 0.222 e. The Kier molecular flexibility index (Phi) is 5.62. The third-order valence-corrected chi connectivity index (χ3v) is 4.69. The number of amides is 1. The zero-order valence-electron chi connectivity index (χ0n) is 14.3. The van der Waals surface area contributed by atoms with E-state index in [2.05, 4.69) is 34.5 Å². The fourth-order valence-corrected chi connectivity index (χ4v) is 3.26. The van der Waals surface area contributed by atoms with Gasteiger partial charge in [-0.2, -0.15) is 0 Å². The first-order valence-corrected chi connectivity index (χ1v) is 8.84. The lowest BCUT2D eigenvalue weighted by Gasteiger charge is -2.30. The van der Waals surface area contributed by atoms with E-state index in [1.54, 1.807) is 0 Å². The first-order chi connectivity index (χ1) is 11.7. The number of unbranched alkanes of at least 4 members (excludes halogenated alkanes) is 1. The van der Waals surface area contributed by atoms with Crippen molar-refractivity contribution < 1.29 is 9.21 Å². The van der Waals surface area contributed by atoms with Crippen LogP contribution in [-0.2, 0) is 11.2 Å². The third-order valence-electron chi connectivity index (χ3n) is 4.69. The standard InChI is InChI=1S/C19H25N3O2/c1-15-20-21-19(24-15)17-11-13-22(14-12-17)18(23)10-6-5-9-16-7-3-2-4-8-16/h2-4,7-8,17H,5-6,9-14H2,1H3. The molecule has 0 bridgehead atoms. The lowest BCUT2D eigenvalue weighted by atomic mass is 9.96. The zero-order valence-corrected chi connectivity index (χ0v) is 14.3. The Morgan fingerprint density at radius 1 is 1.17 bits per heavy atom. The molecule has 0 radical (unpaired) electrons.